The van der Waals surface area contributed by atoms with Crippen molar-refractivity contribution in [3.8, 4) is 0 Å². The van der Waals surface area contributed by atoms with Gasteiger partial charge >= 0.3 is 5.97 Å². The van der Waals surface area contributed by atoms with Crippen molar-refractivity contribution in [1.82, 2.24) is 5.43 Å². The number of carboxylic acid groups (broad SMARTS) is 1. The molecule has 0 radical (unpaired) electrons. The first-order valence-corrected chi connectivity index (χ1v) is 11.4. The van der Waals surface area contributed by atoms with Crippen molar-refractivity contribution in [3.05, 3.63) is 101 Å². The van der Waals surface area contributed by atoms with Crippen molar-refractivity contribution < 1.29 is 23.1 Å². The third-order valence-electron chi connectivity index (χ3n) is 4.55. The molecule has 0 aromatic heterocycles. The maximum absolute atomic E-state index is 12.3. The number of benzene rings is 3. The number of nitrogens with zero attached hydrogens (tertiary/aromatic N) is 2. The molecule has 2 N–H and O–H groups in total. The Morgan fingerprint density at radius 1 is 0.969 bits per heavy atom. The fourth-order valence-corrected chi connectivity index (χ4v) is 3.85. The predicted molar refractivity (Wildman–Crippen MR) is 122 cm³/mol. The van der Waals surface area contributed by atoms with E-state index in [1.54, 1.807) is 30.3 Å². The van der Waals surface area contributed by atoms with Crippen molar-refractivity contribution in [2.24, 2.45) is 5.10 Å². The highest BCUT2D eigenvalue weighted by molar-refractivity contribution is 7.92. The van der Waals surface area contributed by atoms with Gasteiger partial charge in [0.1, 0.15) is 0 Å². The number of hydrazone groups is 1. The minimum atomic E-state index is -3.54. The van der Waals surface area contributed by atoms with Gasteiger partial charge in [-0.05, 0) is 35.9 Å². The van der Waals surface area contributed by atoms with Crippen LogP contribution in [-0.4, -0.2) is 37.9 Å². The molecule has 0 saturated heterocycles. The third-order valence-corrected chi connectivity index (χ3v) is 5.69. The van der Waals surface area contributed by atoms with Gasteiger partial charge in [-0.3, -0.25) is 9.10 Å². The first kappa shape index (κ1) is 22.7. The first-order chi connectivity index (χ1) is 15.3. The van der Waals surface area contributed by atoms with Crippen molar-refractivity contribution in [2.45, 2.75) is 6.54 Å². The van der Waals surface area contributed by atoms with E-state index in [1.165, 1.54) is 28.7 Å². The maximum atomic E-state index is 12.3. The van der Waals surface area contributed by atoms with Crippen LogP contribution < -0.4 is 9.73 Å². The first-order valence-electron chi connectivity index (χ1n) is 9.53. The summed E-state index contributed by atoms with van der Waals surface area (Å²) in [6.45, 7) is 0.165. The largest absolute Gasteiger partial charge is 0.478 e. The van der Waals surface area contributed by atoms with Crippen molar-refractivity contribution in [2.75, 3.05) is 10.6 Å². The van der Waals surface area contributed by atoms with Gasteiger partial charge in [-0.1, -0.05) is 48.5 Å². The lowest BCUT2D eigenvalue weighted by Gasteiger charge is -2.22. The standard InChI is InChI=1S/C23H21N3O5S/c1-32(30,31)26(16-17-7-3-2-4-8-17)20-13-11-18(12-14-20)22(27)25-24-15-19-9-5-6-10-21(19)23(28)29/h2-15H,16H2,1H3,(H,25,27)(H,28,29)/b24-15+. The molecule has 0 spiro atoms. The van der Waals surface area contributed by atoms with Crippen LogP contribution in [0.15, 0.2) is 84.0 Å². The highest BCUT2D eigenvalue weighted by Crippen LogP contribution is 2.21. The molecule has 3 aromatic rings. The molecule has 3 aromatic carbocycles. The summed E-state index contributed by atoms with van der Waals surface area (Å²) in [6.07, 6.45) is 2.38. The van der Waals surface area contributed by atoms with E-state index in [9.17, 15) is 23.1 Å². The number of hydrogen-bond donors (Lipinski definition) is 2. The molecule has 8 nitrogen and oxygen atoms in total. The van der Waals surface area contributed by atoms with Gasteiger partial charge in [0, 0.05) is 11.1 Å². The minimum Gasteiger partial charge on any atom is -0.478 e. The summed E-state index contributed by atoms with van der Waals surface area (Å²) in [5.41, 5.74) is 4.27. The maximum Gasteiger partial charge on any atom is 0.336 e. The number of carboxylic acids is 1. The topological polar surface area (TPSA) is 116 Å². The Morgan fingerprint density at radius 3 is 2.22 bits per heavy atom. The summed E-state index contributed by atoms with van der Waals surface area (Å²) < 4.78 is 25.8. The van der Waals surface area contributed by atoms with Crippen LogP contribution in [0, 0.1) is 0 Å². The average molecular weight is 452 g/mol. The zero-order valence-corrected chi connectivity index (χ0v) is 18.0. The Labute approximate surface area is 185 Å². The van der Waals surface area contributed by atoms with E-state index >= 15 is 0 Å². The molecule has 0 fully saturated rings. The Kier molecular flexibility index (Phi) is 7.01. The molecular formula is C23H21N3O5S. The van der Waals surface area contributed by atoms with Crippen LogP contribution in [0.25, 0.3) is 0 Å². The summed E-state index contributed by atoms with van der Waals surface area (Å²) in [4.78, 5) is 23.6. The Hall–Kier alpha value is -3.98. The molecule has 3 rings (SSSR count). The Bertz CT molecular complexity index is 1240. The van der Waals surface area contributed by atoms with Crippen LogP contribution in [0.1, 0.15) is 31.8 Å². The van der Waals surface area contributed by atoms with Gasteiger partial charge in [0.15, 0.2) is 0 Å². The van der Waals surface area contributed by atoms with Crippen LogP contribution in [0.5, 0.6) is 0 Å². The molecule has 0 aliphatic rings. The number of nitrogens with one attached hydrogen (secondary N) is 1. The van der Waals surface area contributed by atoms with Gasteiger partial charge in [-0.15, -0.1) is 0 Å². The van der Waals surface area contributed by atoms with Gasteiger partial charge in [0.05, 0.1) is 30.3 Å². The molecule has 0 bridgehead atoms. The number of aromatic carboxylic acids is 1. The fourth-order valence-electron chi connectivity index (χ4n) is 2.96. The number of anilines is 1. The van der Waals surface area contributed by atoms with Gasteiger partial charge in [0.2, 0.25) is 10.0 Å². The monoisotopic (exact) mass is 451 g/mol. The van der Waals surface area contributed by atoms with Crippen LogP contribution in [-0.2, 0) is 16.6 Å². The van der Waals surface area contributed by atoms with Gasteiger partial charge < -0.3 is 5.11 Å². The summed E-state index contributed by atoms with van der Waals surface area (Å²) >= 11 is 0. The van der Waals surface area contributed by atoms with E-state index in [4.69, 9.17) is 0 Å². The highest BCUT2D eigenvalue weighted by Gasteiger charge is 2.18. The van der Waals surface area contributed by atoms with Crippen molar-refractivity contribution in [3.63, 3.8) is 0 Å². The van der Waals surface area contributed by atoms with Gasteiger partial charge in [-0.25, -0.2) is 18.6 Å². The average Bonchev–Trinajstić information content (AvgIpc) is 2.78. The van der Waals surface area contributed by atoms with Crippen molar-refractivity contribution in [1.29, 1.82) is 0 Å². The second-order valence-corrected chi connectivity index (χ2v) is 8.80. The highest BCUT2D eigenvalue weighted by atomic mass is 32.2. The smallest absolute Gasteiger partial charge is 0.336 e. The number of hydrogen-bond acceptors (Lipinski definition) is 5. The second kappa shape index (κ2) is 9.88. The van der Waals surface area contributed by atoms with E-state index in [0.717, 1.165) is 11.8 Å². The number of carbonyl (C=O) groups is 2. The summed E-state index contributed by atoms with van der Waals surface area (Å²) in [6, 6.07) is 21.5. The number of rotatable bonds is 8. The number of amides is 1. The second-order valence-electron chi connectivity index (χ2n) is 6.89. The number of carbonyl (C=O) groups excluding carboxylic acids is 1. The van der Waals surface area contributed by atoms with Crippen LogP contribution in [0.2, 0.25) is 0 Å². The summed E-state index contributed by atoms with van der Waals surface area (Å²) in [5, 5.41) is 13.0. The quantitative estimate of drug-likeness (QED) is 0.403. The normalized spacial score (nSPS) is 11.3. The molecule has 0 unspecified atom stereocenters. The number of sulfonamides is 1. The molecule has 164 valence electrons. The van der Waals surface area contributed by atoms with E-state index in [1.807, 2.05) is 30.3 Å². The molecule has 32 heavy (non-hydrogen) atoms. The van der Waals surface area contributed by atoms with Crippen LogP contribution in [0.3, 0.4) is 0 Å². The lowest BCUT2D eigenvalue weighted by molar-refractivity contribution is 0.0696. The lowest BCUT2D eigenvalue weighted by Crippen LogP contribution is -2.29. The molecule has 1 amide bonds. The molecule has 0 aliphatic carbocycles. The fraction of sp³-hybridized carbons (Fsp3) is 0.0870. The van der Waals surface area contributed by atoms with Crippen LogP contribution in [0.4, 0.5) is 5.69 Å². The molecule has 9 heteroatoms. The molecule has 0 atom stereocenters. The lowest BCUT2D eigenvalue weighted by atomic mass is 10.1. The van der Waals surface area contributed by atoms with Crippen molar-refractivity contribution >= 4 is 33.8 Å². The van der Waals surface area contributed by atoms with Gasteiger partial charge in [0.25, 0.3) is 5.91 Å². The Morgan fingerprint density at radius 2 is 1.59 bits per heavy atom. The summed E-state index contributed by atoms with van der Waals surface area (Å²) in [7, 11) is -3.54. The zero-order valence-electron chi connectivity index (χ0n) is 17.2. The van der Waals surface area contributed by atoms with Crippen LogP contribution >= 0.6 is 0 Å². The van der Waals surface area contributed by atoms with E-state index in [-0.39, 0.29) is 17.7 Å². The molecule has 0 heterocycles. The zero-order chi connectivity index (χ0) is 23.1. The predicted octanol–water partition coefficient (Wildman–Crippen LogP) is 3.11. The molecular weight excluding hydrogens is 430 g/mol. The third kappa shape index (κ3) is 5.79. The minimum absolute atomic E-state index is 0.0640. The SMILES string of the molecule is CS(=O)(=O)N(Cc1ccccc1)c1ccc(C(=O)N/N=C/c2ccccc2C(=O)O)cc1. The van der Waals surface area contributed by atoms with E-state index in [2.05, 4.69) is 10.5 Å². The van der Waals surface area contributed by atoms with Gasteiger partial charge in [-0.2, -0.15) is 5.10 Å². The molecule has 0 saturated carbocycles. The Balaban J connectivity index is 1.72. The van der Waals surface area contributed by atoms with E-state index in [0.29, 0.717) is 11.3 Å². The van der Waals surface area contributed by atoms with E-state index < -0.39 is 21.9 Å². The molecule has 0 aliphatic heterocycles. The summed E-state index contributed by atoms with van der Waals surface area (Å²) in [5.74, 6) is -1.62.